The van der Waals surface area contributed by atoms with E-state index in [4.69, 9.17) is 11.6 Å². The lowest BCUT2D eigenvalue weighted by molar-refractivity contribution is 0.0973. The Bertz CT molecular complexity index is 631. The molecular formula is C14H13ClN2O. The van der Waals surface area contributed by atoms with E-state index in [0.29, 0.717) is 11.4 Å². The van der Waals surface area contributed by atoms with Crippen LogP contribution in [-0.2, 0) is 13.5 Å². The van der Waals surface area contributed by atoms with Crippen molar-refractivity contribution in [3.63, 3.8) is 0 Å². The van der Waals surface area contributed by atoms with Gasteiger partial charge in [-0.2, -0.15) is 5.10 Å². The summed E-state index contributed by atoms with van der Waals surface area (Å²) in [5.41, 5.74) is 3.39. The predicted octanol–water partition coefficient (Wildman–Crippen LogP) is 3.26. The number of Topliss-reactive ketones (excluding diaryl/α,β-unsaturated/α-hetero) is 1. The van der Waals surface area contributed by atoms with Crippen LogP contribution >= 0.6 is 11.6 Å². The van der Waals surface area contributed by atoms with Gasteiger partial charge in [0.2, 0.25) is 0 Å². The molecule has 0 radical (unpaired) electrons. The average molecular weight is 261 g/mol. The quantitative estimate of drug-likeness (QED) is 0.789. The van der Waals surface area contributed by atoms with Crippen LogP contribution in [0.5, 0.6) is 0 Å². The molecule has 4 heteroatoms. The van der Waals surface area contributed by atoms with Gasteiger partial charge in [0.05, 0.1) is 17.0 Å². The number of carbonyl (C=O) groups is 1. The van der Waals surface area contributed by atoms with Crippen molar-refractivity contribution < 1.29 is 4.79 Å². The molecule has 0 atom stereocenters. The first-order valence-corrected chi connectivity index (χ1v) is 6.40. The smallest absolute Gasteiger partial charge is 0.166 e. The molecule has 0 amide bonds. The molecule has 0 spiro atoms. The van der Waals surface area contributed by atoms with Gasteiger partial charge in [-0.05, 0) is 18.9 Å². The van der Waals surface area contributed by atoms with Crippen molar-refractivity contribution in [1.82, 2.24) is 9.78 Å². The molecule has 0 bridgehead atoms. The summed E-state index contributed by atoms with van der Waals surface area (Å²) in [7, 11) is 1.87. The Hall–Kier alpha value is -1.61. The van der Waals surface area contributed by atoms with Crippen molar-refractivity contribution in [2.75, 3.05) is 0 Å². The second kappa shape index (κ2) is 4.25. The van der Waals surface area contributed by atoms with Crippen LogP contribution in [0.15, 0.2) is 24.3 Å². The first-order chi connectivity index (χ1) is 8.68. The highest BCUT2D eigenvalue weighted by Crippen LogP contribution is 2.34. The van der Waals surface area contributed by atoms with Crippen molar-refractivity contribution in [2.24, 2.45) is 7.05 Å². The van der Waals surface area contributed by atoms with Gasteiger partial charge in [-0.25, -0.2) is 0 Å². The van der Waals surface area contributed by atoms with E-state index >= 15 is 0 Å². The minimum atomic E-state index is 0.180. The van der Waals surface area contributed by atoms with Gasteiger partial charge < -0.3 is 0 Å². The first-order valence-electron chi connectivity index (χ1n) is 6.02. The Balaban J connectivity index is 2.27. The largest absolute Gasteiger partial charge is 0.294 e. The Labute approximate surface area is 110 Å². The number of hydrogen-bond acceptors (Lipinski definition) is 2. The maximum absolute atomic E-state index is 12.1. The van der Waals surface area contributed by atoms with Crippen LogP contribution in [0.2, 0.25) is 5.02 Å². The van der Waals surface area contributed by atoms with E-state index in [1.54, 1.807) is 4.68 Å². The predicted molar refractivity (Wildman–Crippen MR) is 70.9 cm³/mol. The third-order valence-corrected chi connectivity index (χ3v) is 3.67. The molecule has 0 N–H and O–H groups in total. The van der Waals surface area contributed by atoms with Gasteiger partial charge in [0.25, 0.3) is 0 Å². The average Bonchev–Trinajstić information content (AvgIpc) is 2.68. The molecule has 0 unspecified atom stereocenters. The van der Waals surface area contributed by atoms with Crippen molar-refractivity contribution >= 4 is 17.4 Å². The Kier molecular flexibility index (Phi) is 2.71. The number of halogens is 1. The Morgan fingerprint density at radius 3 is 2.83 bits per heavy atom. The summed E-state index contributed by atoms with van der Waals surface area (Å²) >= 11 is 6.23. The molecule has 1 aromatic heterocycles. The summed E-state index contributed by atoms with van der Waals surface area (Å²) in [4.78, 5) is 12.1. The lowest BCUT2D eigenvalue weighted by Crippen LogP contribution is -2.10. The third-order valence-electron chi connectivity index (χ3n) is 3.34. The zero-order valence-corrected chi connectivity index (χ0v) is 10.9. The van der Waals surface area contributed by atoms with Crippen LogP contribution in [0.3, 0.4) is 0 Å². The van der Waals surface area contributed by atoms with E-state index in [1.807, 2.05) is 31.3 Å². The molecule has 92 valence electrons. The molecule has 0 saturated heterocycles. The zero-order valence-electron chi connectivity index (χ0n) is 10.1. The van der Waals surface area contributed by atoms with Crippen LogP contribution in [0.4, 0.5) is 0 Å². The maximum Gasteiger partial charge on any atom is 0.166 e. The summed E-state index contributed by atoms with van der Waals surface area (Å²) in [6, 6.07) is 7.58. The van der Waals surface area contributed by atoms with Crippen molar-refractivity contribution in [3.05, 3.63) is 40.5 Å². The maximum atomic E-state index is 12.1. The van der Waals surface area contributed by atoms with Gasteiger partial charge in [0, 0.05) is 24.1 Å². The van der Waals surface area contributed by atoms with Gasteiger partial charge in [-0.1, -0.05) is 29.8 Å². The molecule has 1 heterocycles. The minimum Gasteiger partial charge on any atom is -0.294 e. The lowest BCUT2D eigenvalue weighted by Gasteiger charge is -2.11. The van der Waals surface area contributed by atoms with Crippen molar-refractivity contribution in [3.8, 4) is 11.3 Å². The highest BCUT2D eigenvalue weighted by atomic mass is 35.5. The van der Waals surface area contributed by atoms with Crippen LogP contribution in [0, 0.1) is 0 Å². The highest BCUT2D eigenvalue weighted by Gasteiger charge is 2.27. The van der Waals surface area contributed by atoms with Gasteiger partial charge in [0.1, 0.15) is 0 Å². The van der Waals surface area contributed by atoms with Gasteiger partial charge in [0.15, 0.2) is 5.78 Å². The molecular weight excluding hydrogens is 248 g/mol. The second-order valence-corrected chi connectivity index (χ2v) is 4.96. The van der Waals surface area contributed by atoms with E-state index in [2.05, 4.69) is 5.10 Å². The van der Waals surface area contributed by atoms with Crippen LogP contribution in [-0.4, -0.2) is 15.6 Å². The molecule has 3 nitrogen and oxygen atoms in total. The molecule has 0 fully saturated rings. The minimum absolute atomic E-state index is 0.180. The normalized spacial score (nSPS) is 14.7. The number of fused-ring (bicyclic) bond motifs is 1. The number of hydrogen-bond donors (Lipinski definition) is 0. The number of benzene rings is 1. The van der Waals surface area contributed by atoms with Gasteiger partial charge >= 0.3 is 0 Å². The fourth-order valence-corrected chi connectivity index (χ4v) is 2.78. The number of ketones is 1. The van der Waals surface area contributed by atoms with Crippen molar-refractivity contribution in [2.45, 2.75) is 19.3 Å². The number of aryl methyl sites for hydroxylation is 2. The Morgan fingerprint density at radius 1 is 1.28 bits per heavy atom. The topological polar surface area (TPSA) is 34.9 Å². The summed E-state index contributed by atoms with van der Waals surface area (Å²) in [5, 5.41) is 5.11. The third kappa shape index (κ3) is 1.66. The zero-order chi connectivity index (χ0) is 12.7. The van der Waals surface area contributed by atoms with E-state index < -0.39 is 0 Å². The van der Waals surface area contributed by atoms with Gasteiger partial charge in [-0.15, -0.1) is 0 Å². The van der Waals surface area contributed by atoms with E-state index in [1.165, 1.54) is 0 Å². The SMILES string of the molecule is Cn1nc2c(c1-c1ccccc1Cl)C(=O)CCC2. The van der Waals surface area contributed by atoms with Crippen molar-refractivity contribution in [1.29, 1.82) is 0 Å². The van der Waals surface area contributed by atoms with Gasteiger partial charge in [-0.3, -0.25) is 9.48 Å². The number of rotatable bonds is 1. The molecule has 1 aliphatic rings. The van der Waals surface area contributed by atoms with Crippen LogP contribution < -0.4 is 0 Å². The standard InChI is InChI=1S/C14H13ClN2O/c1-17-14(9-5-2-3-6-10(9)15)13-11(16-17)7-4-8-12(13)18/h2-3,5-6H,4,7-8H2,1H3. The molecule has 2 aromatic rings. The number of carbonyl (C=O) groups excluding carboxylic acids is 1. The Morgan fingerprint density at radius 2 is 2.06 bits per heavy atom. The fourth-order valence-electron chi connectivity index (χ4n) is 2.55. The van der Waals surface area contributed by atoms with E-state index in [9.17, 15) is 4.79 Å². The first kappa shape index (κ1) is 11.5. The summed E-state index contributed by atoms with van der Waals surface area (Å²) < 4.78 is 1.77. The van der Waals surface area contributed by atoms with E-state index in [0.717, 1.165) is 35.4 Å². The molecule has 0 saturated carbocycles. The summed E-state index contributed by atoms with van der Waals surface area (Å²) in [6.07, 6.45) is 2.38. The summed E-state index contributed by atoms with van der Waals surface area (Å²) in [5.74, 6) is 0.180. The lowest BCUT2D eigenvalue weighted by atomic mass is 9.92. The summed E-state index contributed by atoms with van der Waals surface area (Å²) in [6.45, 7) is 0. The van der Waals surface area contributed by atoms with Crippen LogP contribution in [0.25, 0.3) is 11.3 Å². The number of aromatic nitrogens is 2. The molecule has 0 aliphatic heterocycles. The van der Waals surface area contributed by atoms with Crippen LogP contribution in [0.1, 0.15) is 28.9 Å². The van der Waals surface area contributed by atoms with E-state index in [-0.39, 0.29) is 5.78 Å². The fraction of sp³-hybridized carbons (Fsp3) is 0.286. The molecule has 1 aliphatic carbocycles. The number of nitrogens with zero attached hydrogens (tertiary/aromatic N) is 2. The highest BCUT2D eigenvalue weighted by molar-refractivity contribution is 6.33. The molecule has 18 heavy (non-hydrogen) atoms. The second-order valence-electron chi connectivity index (χ2n) is 4.55. The monoisotopic (exact) mass is 260 g/mol. The molecule has 3 rings (SSSR count). The molecule has 1 aromatic carbocycles.